The molecule has 0 aliphatic heterocycles. The highest BCUT2D eigenvalue weighted by Gasteiger charge is 2.27. The van der Waals surface area contributed by atoms with Crippen LogP contribution in [0.25, 0.3) is 0 Å². The number of carbonyl (C=O) groups is 2. The molecule has 0 radical (unpaired) electrons. The highest BCUT2D eigenvalue weighted by Crippen LogP contribution is 2.27. The lowest BCUT2D eigenvalue weighted by Crippen LogP contribution is -2.43. The number of alkyl halides is 3. The highest BCUT2D eigenvalue weighted by molar-refractivity contribution is 8.00. The molecule has 0 bridgehead atoms. The van der Waals surface area contributed by atoms with Gasteiger partial charge in [0.05, 0.1) is 5.75 Å². The fraction of sp³-hybridized carbons (Fsp3) is 0.429. The molecule has 2 rings (SSSR count). The maximum absolute atomic E-state index is 11.9. The standard InChI is InChI=1S/C14H15F3N2O2S/c15-14(16,17)8-18-13(21)19-12(20)7-22-11-5-4-9-2-1-3-10(9)6-11/h4-6H,1-3,7-8H2,(H2,18,19,20,21). The molecule has 0 unspecified atom stereocenters. The number of urea groups is 1. The number of rotatable bonds is 4. The Hall–Kier alpha value is -1.70. The molecule has 0 spiro atoms. The van der Waals surface area contributed by atoms with E-state index in [9.17, 15) is 22.8 Å². The number of amides is 3. The monoisotopic (exact) mass is 332 g/mol. The number of halogens is 3. The summed E-state index contributed by atoms with van der Waals surface area (Å²) in [6.07, 6.45) is -1.28. The van der Waals surface area contributed by atoms with Gasteiger partial charge in [0.2, 0.25) is 5.91 Å². The van der Waals surface area contributed by atoms with E-state index in [1.54, 1.807) is 5.32 Å². The summed E-state index contributed by atoms with van der Waals surface area (Å²) < 4.78 is 35.7. The molecule has 1 aromatic carbocycles. The molecule has 2 N–H and O–H groups in total. The van der Waals surface area contributed by atoms with Crippen LogP contribution in [0.1, 0.15) is 17.5 Å². The summed E-state index contributed by atoms with van der Waals surface area (Å²) >= 11 is 1.25. The topological polar surface area (TPSA) is 58.2 Å². The number of hydrogen-bond donors (Lipinski definition) is 2. The second-order valence-electron chi connectivity index (χ2n) is 4.92. The number of hydrogen-bond acceptors (Lipinski definition) is 3. The third-order valence-electron chi connectivity index (χ3n) is 3.14. The van der Waals surface area contributed by atoms with Gasteiger partial charge >= 0.3 is 12.2 Å². The third kappa shape index (κ3) is 5.25. The Morgan fingerprint density at radius 3 is 2.64 bits per heavy atom. The van der Waals surface area contributed by atoms with E-state index in [1.165, 1.54) is 22.9 Å². The van der Waals surface area contributed by atoms with E-state index in [0.29, 0.717) is 0 Å². The van der Waals surface area contributed by atoms with Gasteiger partial charge in [0.15, 0.2) is 0 Å². The maximum Gasteiger partial charge on any atom is 0.405 e. The molecule has 3 amide bonds. The normalized spacial score (nSPS) is 13.6. The lowest BCUT2D eigenvalue weighted by molar-refractivity contribution is -0.124. The van der Waals surface area contributed by atoms with Crippen LogP contribution in [0.3, 0.4) is 0 Å². The van der Waals surface area contributed by atoms with Crippen LogP contribution in [-0.4, -0.2) is 30.4 Å². The van der Waals surface area contributed by atoms with E-state index in [4.69, 9.17) is 0 Å². The van der Waals surface area contributed by atoms with Crippen LogP contribution in [0.5, 0.6) is 0 Å². The minimum atomic E-state index is -4.50. The minimum Gasteiger partial charge on any atom is -0.329 e. The Morgan fingerprint density at radius 2 is 1.91 bits per heavy atom. The molecule has 0 heterocycles. The molecule has 1 aliphatic rings. The zero-order valence-corrected chi connectivity index (χ0v) is 12.4. The average Bonchev–Trinajstić information content (AvgIpc) is 2.89. The molecular formula is C14H15F3N2O2S. The summed E-state index contributed by atoms with van der Waals surface area (Å²) in [6.45, 7) is -1.47. The van der Waals surface area contributed by atoms with Gasteiger partial charge in [0.25, 0.3) is 0 Å². The van der Waals surface area contributed by atoms with E-state index in [1.807, 2.05) is 23.5 Å². The first-order valence-corrected chi connectivity index (χ1v) is 7.71. The number of benzene rings is 1. The number of thioether (sulfide) groups is 1. The van der Waals surface area contributed by atoms with Crippen molar-refractivity contribution in [3.63, 3.8) is 0 Å². The first-order chi connectivity index (χ1) is 10.3. The van der Waals surface area contributed by atoms with Crippen LogP contribution in [0.2, 0.25) is 0 Å². The smallest absolute Gasteiger partial charge is 0.329 e. The fourth-order valence-corrected chi connectivity index (χ4v) is 2.93. The number of aryl methyl sites for hydroxylation is 2. The average molecular weight is 332 g/mol. The summed E-state index contributed by atoms with van der Waals surface area (Å²) in [5.74, 6) is -0.664. The lowest BCUT2D eigenvalue weighted by Gasteiger charge is -2.09. The van der Waals surface area contributed by atoms with Crippen LogP contribution >= 0.6 is 11.8 Å². The number of fused-ring (bicyclic) bond motifs is 1. The van der Waals surface area contributed by atoms with Crippen molar-refractivity contribution in [2.75, 3.05) is 12.3 Å². The fourth-order valence-electron chi connectivity index (χ4n) is 2.17. The number of imide groups is 1. The van der Waals surface area contributed by atoms with Crippen LogP contribution in [-0.2, 0) is 17.6 Å². The number of nitrogens with one attached hydrogen (secondary N) is 2. The molecule has 1 aromatic rings. The van der Waals surface area contributed by atoms with Crippen LogP contribution < -0.4 is 10.6 Å². The van der Waals surface area contributed by atoms with Crippen molar-refractivity contribution < 1.29 is 22.8 Å². The van der Waals surface area contributed by atoms with Crippen LogP contribution in [0.4, 0.5) is 18.0 Å². The molecule has 8 heteroatoms. The Bertz CT molecular complexity index is 576. The minimum absolute atomic E-state index is 0.0295. The van der Waals surface area contributed by atoms with E-state index < -0.39 is 24.7 Å². The van der Waals surface area contributed by atoms with Gasteiger partial charge in [-0.05, 0) is 42.5 Å². The summed E-state index contributed by atoms with van der Waals surface area (Å²) in [7, 11) is 0. The van der Waals surface area contributed by atoms with Crippen molar-refractivity contribution in [2.45, 2.75) is 30.3 Å². The largest absolute Gasteiger partial charge is 0.405 e. The van der Waals surface area contributed by atoms with Gasteiger partial charge in [-0.1, -0.05) is 6.07 Å². The van der Waals surface area contributed by atoms with Gasteiger partial charge in [-0.2, -0.15) is 13.2 Å². The predicted octanol–water partition coefficient (Wildman–Crippen LogP) is 2.66. The van der Waals surface area contributed by atoms with Gasteiger partial charge < -0.3 is 5.32 Å². The predicted molar refractivity (Wildman–Crippen MR) is 76.8 cm³/mol. The lowest BCUT2D eigenvalue weighted by atomic mass is 10.1. The second kappa shape index (κ2) is 7.04. The zero-order valence-electron chi connectivity index (χ0n) is 11.6. The molecular weight excluding hydrogens is 317 g/mol. The van der Waals surface area contributed by atoms with E-state index in [0.717, 1.165) is 24.2 Å². The molecule has 0 aromatic heterocycles. The van der Waals surface area contributed by atoms with Gasteiger partial charge in [0, 0.05) is 4.90 Å². The first kappa shape index (κ1) is 16.7. The molecule has 1 aliphatic carbocycles. The molecule has 0 saturated carbocycles. The third-order valence-corrected chi connectivity index (χ3v) is 4.14. The van der Waals surface area contributed by atoms with Crippen molar-refractivity contribution in [3.05, 3.63) is 29.3 Å². The summed E-state index contributed by atoms with van der Waals surface area (Å²) in [4.78, 5) is 23.5. The molecule has 4 nitrogen and oxygen atoms in total. The second-order valence-corrected chi connectivity index (χ2v) is 5.97. The Balaban J connectivity index is 1.74. The van der Waals surface area contributed by atoms with Gasteiger partial charge in [0.1, 0.15) is 6.54 Å². The van der Waals surface area contributed by atoms with Crippen molar-refractivity contribution in [3.8, 4) is 0 Å². The summed E-state index contributed by atoms with van der Waals surface area (Å²) in [6, 6.07) is 4.81. The Kier molecular flexibility index (Phi) is 5.33. The zero-order chi connectivity index (χ0) is 16.2. The Labute approximate surface area is 129 Å². The SMILES string of the molecule is O=C(CSc1ccc2c(c1)CCC2)NC(=O)NCC(F)(F)F. The van der Waals surface area contributed by atoms with Gasteiger partial charge in [-0.15, -0.1) is 11.8 Å². The van der Waals surface area contributed by atoms with Crippen molar-refractivity contribution in [1.82, 2.24) is 10.6 Å². The summed E-state index contributed by atoms with van der Waals surface area (Å²) in [5.41, 5.74) is 2.59. The number of carbonyl (C=O) groups excluding carboxylic acids is 2. The van der Waals surface area contributed by atoms with Crippen LogP contribution in [0.15, 0.2) is 23.1 Å². The van der Waals surface area contributed by atoms with Crippen molar-refractivity contribution in [1.29, 1.82) is 0 Å². The van der Waals surface area contributed by atoms with Gasteiger partial charge in [-0.25, -0.2) is 4.79 Å². The molecule has 120 valence electrons. The van der Waals surface area contributed by atoms with Crippen LogP contribution in [0, 0.1) is 0 Å². The van der Waals surface area contributed by atoms with E-state index >= 15 is 0 Å². The maximum atomic E-state index is 11.9. The molecule has 22 heavy (non-hydrogen) atoms. The van der Waals surface area contributed by atoms with Crippen molar-refractivity contribution in [2.24, 2.45) is 0 Å². The molecule has 0 saturated heterocycles. The van der Waals surface area contributed by atoms with E-state index in [2.05, 4.69) is 0 Å². The van der Waals surface area contributed by atoms with Gasteiger partial charge in [-0.3, -0.25) is 10.1 Å². The summed E-state index contributed by atoms with van der Waals surface area (Å²) in [5, 5.41) is 3.45. The molecule has 0 atom stereocenters. The van der Waals surface area contributed by atoms with Crippen molar-refractivity contribution >= 4 is 23.7 Å². The Morgan fingerprint density at radius 1 is 1.18 bits per heavy atom. The quantitative estimate of drug-likeness (QED) is 0.834. The van der Waals surface area contributed by atoms with E-state index in [-0.39, 0.29) is 5.75 Å². The highest BCUT2D eigenvalue weighted by atomic mass is 32.2. The molecule has 0 fully saturated rings. The first-order valence-electron chi connectivity index (χ1n) is 6.72.